The van der Waals surface area contributed by atoms with E-state index in [9.17, 15) is 14.4 Å². The van der Waals surface area contributed by atoms with Crippen molar-refractivity contribution in [2.45, 2.75) is 20.8 Å². The second kappa shape index (κ2) is 7.25. The van der Waals surface area contributed by atoms with E-state index in [1.165, 1.54) is 13.2 Å². The van der Waals surface area contributed by atoms with Crippen molar-refractivity contribution >= 4 is 17.5 Å². The number of ether oxygens (including phenoxy) is 1. The number of fused-ring (bicyclic) bond motifs is 1. The fourth-order valence-corrected chi connectivity index (χ4v) is 2.74. The van der Waals surface area contributed by atoms with E-state index in [1.807, 2.05) is 13.8 Å². The van der Waals surface area contributed by atoms with Crippen LogP contribution in [0.1, 0.15) is 41.5 Å². The number of allylic oxidation sites excluding steroid dienone is 3. The van der Waals surface area contributed by atoms with Crippen molar-refractivity contribution in [3.8, 4) is 0 Å². The molecule has 0 saturated carbocycles. The van der Waals surface area contributed by atoms with Gasteiger partial charge in [-0.05, 0) is 26.8 Å². The van der Waals surface area contributed by atoms with E-state index in [0.717, 1.165) is 0 Å². The first kappa shape index (κ1) is 17.7. The van der Waals surface area contributed by atoms with Gasteiger partial charge in [-0.3, -0.25) is 14.4 Å². The highest BCUT2D eigenvalue weighted by molar-refractivity contribution is 6.27. The lowest BCUT2D eigenvalue weighted by atomic mass is 9.87. The van der Waals surface area contributed by atoms with Gasteiger partial charge in [-0.25, -0.2) is 0 Å². The largest absolute Gasteiger partial charge is 0.492 e. The summed E-state index contributed by atoms with van der Waals surface area (Å²) in [6.07, 6.45) is 1.45. The minimum Gasteiger partial charge on any atom is -0.492 e. The Labute approximate surface area is 141 Å². The number of nitrogens with zero attached hydrogens (tertiary/aromatic N) is 1. The number of likely N-dealkylation sites (N-methyl/N-ethyl adjacent to an activating group) is 1. The Morgan fingerprint density at radius 3 is 2.12 bits per heavy atom. The number of carbonyl (C=O) groups excluding carboxylic acids is 3. The third-order valence-corrected chi connectivity index (χ3v) is 4.06. The summed E-state index contributed by atoms with van der Waals surface area (Å²) in [6, 6.07) is 6.62. The van der Waals surface area contributed by atoms with E-state index < -0.39 is 0 Å². The molecule has 0 bridgehead atoms. The zero-order valence-corrected chi connectivity index (χ0v) is 14.4. The first-order valence-corrected chi connectivity index (χ1v) is 7.90. The third-order valence-electron chi connectivity index (χ3n) is 4.06. The predicted molar refractivity (Wildman–Crippen MR) is 90.8 cm³/mol. The average Bonchev–Trinajstić information content (AvgIpc) is 2.60. The van der Waals surface area contributed by atoms with Crippen LogP contribution in [-0.2, 0) is 9.53 Å². The molecule has 0 atom stereocenters. The van der Waals surface area contributed by atoms with Gasteiger partial charge in [-0.1, -0.05) is 24.3 Å². The summed E-state index contributed by atoms with van der Waals surface area (Å²) in [7, 11) is 1.35. The van der Waals surface area contributed by atoms with Crippen LogP contribution in [0, 0.1) is 0 Å². The molecule has 0 spiro atoms. The standard InChI is InChI=1S/C19H21NO4/c1-5-20(6-2)19(23)12(3)11-15-16(21)13-9-7-8-10-14(13)17(22)18(15)24-4/h7-11H,5-6H2,1-4H3/b12-11-. The summed E-state index contributed by atoms with van der Waals surface area (Å²) in [5.41, 5.74) is 1.17. The second-order valence-electron chi connectivity index (χ2n) is 5.46. The van der Waals surface area contributed by atoms with Gasteiger partial charge in [0.05, 0.1) is 12.7 Å². The van der Waals surface area contributed by atoms with Crippen molar-refractivity contribution in [1.82, 2.24) is 4.90 Å². The van der Waals surface area contributed by atoms with E-state index in [4.69, 9.17) is 4.74 Å². The topological polar surface area (TPSA) is 63.7 Å². The number of carbonyl (C=O) groups is 3. The average molecular weight is 327 g/mol. The molecule has 5 heteroatoms. The van der Waals surface area contributed by atoms with E-state index >= 15 is 0 Å². The molecule has 0 saturated heterocycles. The molecule has 0 fully saturated rings. The molecule has 1 aromatic rings. The number of hydrogen-bond donors (Lipinski definition) is 0. The summed E-state index contributed by atoms with van der Waals surface area (Å²) in [5.74, 6) is -0.844. The molecule has 1 aliphatic rings. The molecule has 24 heavy (non-hydrogen) atoms. The van der Waals surface area contributed by atoms with Gasteiger partial charge in [0.1, 0.15) is 0 Å². The van der Waals surface area contributed by atoms with E-state index in [2.05, 4.69) is 0 Å². The number of Topliss-reactive ketones (excluding diaryl/α,β-unsaturated/α-hetero) is 2. The number of amides is 1. The fraction of sp³-hybridized carbons (Fsp3) is 0.316. The highest BCUT2D eigenvalue weighted by Gasteiger charge is 2.32. The Morgan fingerprint density at radius 1 is 1.08 bits per heavy atom. The second-order valence-corrected chi connectivity index (χ2v) is 5.46. The molecule has 0 aromatic heterocycles. The van der Waals surface area contributed by atoms with Gasteiger partial charge < -0.3 is 9.64 Å². The van der Waals surface area contributed by atoms with Gasteiger partial charge >= 0.3 is 0 Å². The van der Waals surface area contributed by atoms with Crippen LogP contribution in [0.15, 0.2) is 47.2 Å². The first-order chi connectivity index (χ1) is 11.5. The van der Waals surface area contributed by atoms with Crippen LogP contribution in [-0.4, -0.2) is 42.6 Å². The molecule has 1 aliphatic carbocycles. The molecule has 2 rings (SSSR count). The summed E-state index contributed by atoms with van der Waals surface area (Å²) in [4.78, 5) is 39.3. The molecule has 1 amide bonds. The lowest BCUT2D eigenvalue weighted by Gasteiger charge is -2.21. The maximum Gasteiger partial charge on any atom is 0.249 e. The predicted octanol–water partition coefficient (Wildman–Crippen LogP) is 2.78. The van der Waals surface area contributed by atoms with Crippen LogP contribution >= 0.6 is 0 Å². The molecule has 126 valence electrons. The van der Waals surface area contributed by atoms with Crippen LogP contribution in [0.3, 0.4) is 0 Å². The third kappa shape index (κ3) is 3.02. The van der Waals surface area contributed by atoms with Crippen molar-refractivity contribution in [2.75, 3.05) is 20.2 Å². The van der Waals surface area contributed by atoms with E-state index in [0.29, 0.717) is 29.8 Å². The summed E-state index contributed by atoms with van der Waals surface area (Å²) >= 11 is 0. The normalized spacial score (nSPS) is 14.6. The Morgan fingerprint density at radius 2 is 1.62 bits per heavy atom. The molecular weight excluding hydrogens is 306 g/mol. The summed E-state index contributed by atoms with van der Waals surface area (Å²) in [5, 5.41) is 0. The Kier molecular flexibility index (Phi) is 5.34. The Hall–Kier alpha value is -2.69. The summed E-state index contributed by atoms with van der Waals surface area (Å²) in [6.45, 7) is 6.57. The van der Waals surface area contributed by atoms with Gasteiger partial charge in [0, 0.05) is 29.8 Å². The van der Waals surface area contributed by atoms with Crippen molar-refractivity contribution in [3.63, 3.8) is 0 Å². The van der Waals surface area contributed by atoms with Crippen LogP contribution < -0.4 is 0 Å². The van der Waals surface area contributed by atoms with Gasteiger partial charge in [0.15, 0.2) is 11.5 Å². The van der Waals surface area contributed by atoms with Crippen molar-refractivity contribution in [1.29, 1.82) is 0 Å². The van der Waals surface area contributed by atoms with Crippen LogP contribution in [0.2, 0.25) is 0 Å². The van der Waals surface area contributed by atoms with Crippen LogP contribution in [0.5, 0.6) is 0 Å². The molecule has 0 unspecified atom stereocenters. The lowest BCUT2D eigenvalue weighted by molar-refractivity contribution is -0.126. The maximum absolute atomic E-state index is 12.7. The Balaban J connectivity index is 2.51. The number of hydrogen-bond acceptors (Lipinski definition) is 4. The van der Waals surface area contributed by atoms with Gasteiger partial charge in [0.25, 0.3) is 0 Å². The molecule has 1 aromatic carbocycles. The molecule has 0 heterocycles. The zero-order valence-electron chi connectivity index (χ0n) is 14.4. The van der Waals surface area contributed by atoms with Crippen molar-refractivity contribution < 1.29 is 19.1 Å². The van der Waals surface area contributed by atoms with Gasteiger partial charge in [-0.15, -0.1) is 0 Å². The van der Waals surface area contributed by atoms with Crippen molar-refractivity contribution in [2.24, 2.45) is 0 Å². The molecule has 0 aliphatic heterocycles. The molecule has 0 N–H and O–H groups in total. The van der Waals surface area contributed by atoms with Crippen molar-refractivity contribution in [3.05, 3.63) is 58.4 Å². The minimum atomic E-state index is -0.345. The summed E-state index contributed by atoms with van der Waals surface area (Å²) < 4.78 is 5.18. The molecule has 0 radical (unpaired) electrons. The number of methoxy groups -OCH3 is 1. The van der Waals surface area contributed by atoms with Gasteiger partial charge in [-0.2, -0.15) is 0 Å². The quantitative estimate of drug-likeness (QED) is 0.780. The minimum absolute atomic E-state index is 0.0228. The van der Waals surface area contributed by atoms with Crippen LogP contribution in [0.25, 0.3) is 0 Å². The number of rotatable bonds is 5. The molecular formula is C19H21NO4. The molecule has 5 nitrogen and oxygen atoms in total. The zero-order chi connectivity index (χ0) is 17.9. The fourth-order valence-electron chi connectivity index (χ4n) is 2.74. The lowest BCUT2D eigenvalue weighted by Crippen LogP contribution is -2.31. The highest BCUT2D eigenvalue weighted by Crippen LogP contribution is 2.28. The van der Waals surface area contributed by atoms with E-state index in [-0.39, 0.29) is 28.8 Å². The van der Waals surface area contributed by atoms with Gasteiger partial charge in [0.2, 0.25) is 11.7 Å². The monoisotopic (exact) mass is 327 g/mol. The first-order valence-electron chi connectivity index (χ1n) is 7.90. The smallest absolute Gasteiger partial charge is 0.249 e. The highest BCUT2D eigenvalue weighted by atomic mass is 16.5. The number of benzene rings is 1. The van der Waals surface area contributed by atoms with E-state index in [1.54, 1.807) is 36.1 Å². The maximum atomic E-state index is 12.7. The SMILES string of the molecule is CCN(CC)C(=O)/C(C)=C\C1=C(OC)C(=O)c2ccccc2C1=O. The Bertz CT molecular complexity index is 754. The van der Waals surface area contributed by atoms with Crippen LogP contribution in [0.4, 0.5) is 0 Å². The number of ketones is 2.